The van der Waals surface area contributed by atoms with Gasteiger partial charge in [-0.1, -0.05) is 12.0 Å². The number of hydrogen-bond acceptors (Lipinski definition) is 5. The molecule has 0 saturated heterocycles. The average Bonchev–Trinajstić information content (AvgIpc) is 1.82. The zero-order chi connectivity index (χ0) is 10.5. The first kappa shape index (κ1) is 12.2. The quantitative estimate of drug-likeness (QED) is 0.464. The largest absolute Gasteiger partial charge is 0.293 e. The molecule has 0 radical (unpaired) electrons. The fourth-order valence-electron chi connectivity index (χ4n) is 0.456. The van der Waals surface area contributed by atoms with Gasteiger partial charge in [0.2, 0.25) is 0 Å². The van der Waals surface area contributed by atoms with Crippen LogP contribution in [0.3, 0.4) is 0 Å². The third-order valence-corrected chi connectivity index (χ3v) is 3.61. The van der Waals surface area contributed by atoms with Crippen molar-refractivity contribution >= 4 is 20.2 Å². The Morgan fingerprint density at radius 2 is 1.85 bits per heavy atom. The molecular formula is C6H8O5S2. The molecule has 7 heteroatoms. The molecule has 0 aliphatic rings. The SMILES string of the molecule is C#CCS(=O)(=O)OS(=O)(=O)CC=C. The maximum absolute atomic E-state index is 10.8. The Morgan fingerprint density at radius 3 is 2.23 bits per heavy atom. The number of rotatable bonds is 5. The summed E-state index contributed by atoms with van der Waals surface area (Å²) in [6, 6.07) is 0. The van der Waals surface area contributed by atoms with E-state index < -0.39 is 31.7 Å². The molecule has 0 rings (SSSR count). The van der Waals surface area contributed by atoms with Gasteiger partial charge in [0.25, 0.3) is 20.2 Å². The molecule has 0 atom stereocenters. The zero-order valence-corrected chi connectivity index (χ0v) is 8.27. The third-order valence-electron chi connectivity index (χ3n) is 0.789. The summed E-state index contributed by atoms with van der Waals surface area (Å²) in [6.07, 6.45) is 5.70. The molecule has 0 aromatic carbocycles. The third kappa shape index (κ3) is 5.41. The molecule has 0 N–H and O–H groups in total. The standard InChI is InChI=1S/C6H8O5S2/c1-3-5-12(7,8)11-13(9,10)6-4-2/h1,4H,2,5-6H2. The Hall–Kier alpha value is -0.840. The van der Waals surface area contributed by atoms with Gasteiger partial charge in [-0.3, -0.25) is 0 Å². The van der Waals surface area contributed by atoms with Gasteiger partial charge < -0.3 is 0 Å². The first-order valence-electron chi connectivity index (χ1n) is 3.04. The summed E-state index contributed by atoms with van der Waals surface area (Å²) < 4.78 is 46.9. The lowest BCUT2D eigenvalue weighted by Crippen LogP contribution is -2.17. The van der Waals surface area contributed by atoms with E-state index in [1.807, 2.05) is 0 Å². The molecule has 0 bridgehead atoms. The van der Waals surface area contributed by atoms with Crippen LogP contribution in [0.25, 0.3) is 0 Å². The van der Waals surface area contributed by atoms with Crippen LogP contribution < -0.4 is 0 Å². The Bertz CT molecular complexity index is 408. The summed E-state index contributed by atoms with van der Waals surface area (Å²) in [4.78, 5) is 0. The molecule has 0 amide bonds. The van der Waals surface area contributed by atoms with Crippen molar-refractivity contribution in [1.29, 1.82) is 0 Å². The Labute approximate surface area is 77.7 Å². The minimum absolute atomic E-state index is 0.573. The second-order valence-corrected chi connectivity index (χ2v) is 5.38. The fraction of sp³-hybridized carbons (Fsp3) is 0.333. The van der Waals surface area contributed by atoms with E-state index in [0.29, 0.717) is 0 Å². The van der Waals surface area contributed by atoms with Gasteiger partial charge in [-0.2, -0.15) is 16.8 Å². The van der Waals surface area contributed by atoms with Crippen molar-refractivity contribution in [2.24, 2.45) is 0 Å². The zero-order valence-electron chi connectivity index (χ0n) is 6.63. The van der Waals surface area contributed by atoms with E-state index >= 15 is 0 Å². The molecule has 0 heterocycles. The van der Waals surface area contributed by atoms with Crippen LogP contribution in [0.5, 0.6) is 0 Å². The van der Waals surface area contributed by atoms with E-state index in [1.54, 1.807) is 5.92 Å². The maximum Gasteiger partial charge on any atom is 0.293 e. The van der Waals surface area contributed by atoms with E-state index in [0.717, 1.165) is 6.08 Å². The van der Waals surface area contributed by atoms with Crippen LogP contribution in [0, 0.1) is 12.3 Å². The molecule has 13 heavy (non-hydrogen) atoms. The van der Waals surface area contributed by atoms with Crippen molar-refractivity contribution in [2.75, 3.05) is 11.5 Å². The Morgan fingerprint density at radius 1 is 1.31 bits per heavy atom. The first-order valence-corrected chi connectivity index (χ1v) is 6.19. The van der Waals surface area contributed by atoms with Crippen LogP contribution in [-0.2, 0) is 23.9 Å². The van der Waals surface area contributed by atoms with Crippen LogP contribution in [0.4, 0.5) is 0 Å². The maximum atomic E-state index is 10.8. The fourth-order valence-corrected chi connectivity index (χ4v) is 2.63. The minimum Gasteiger partial charge on any atom is -0.198 e. The van der Waals surface area contributed by atoms with Gasteiger partial charge in [-0.05, 0) is 0 Å². The summed E-state index contributed by atoms with van der Waals surface area (Å²) >= 11 is 0. The lowest BCUT2D eigenvalue weighted by molar-refractivity contribution is 0.466. The highest BCUT2D eigenvalue weighted by Crippen LogP contribution is 2.01. The van der Waals surface area contributed by atoms with Crippen molar-refractivity contribution in [3.05, 3.63) is 12.7 Å². The van der Waals surface area contributed by atoms with Crippen molar-refractivity contribution in [3.63, 3.8) is 0 Å². The summed E-state index contributed by atoms with van der Waals surface area (Å²) in [5, 5.41) is 0. The lowest BCUT2D eigenvalue weighted by atomic mass is 10.8. The summed E-state index contributed by atoms with van der Waals surface area (Å²) in [5.41, 5.74) is 0. The molecular weight excluding hydrogens is 216 g/mol. The van der Waals surface area contributed by atoms with Gasteiger partial charge in [0.15, 0.2) is 0 Å². The van der Waals surface area contributed by atoms with E-state index in [2.05, 4.69) is 16.6 Å². The van der Waals surface area contributed by atoms with Gasteiger partial charge in [0.05, 0.1) is 5.75 Å². The van der Waals surface area contributed by atoms with Gasteiger partial charge in [0.1, 0.15) is 5.75 Å². The van der Waals surface area contributed by atoms with Gasteiger partial charge in [-0.25, -0.2) is 0 Å². The number of hydrogen-bond donors (Lipinski definition) is 0. The topological polar surface area (TPSA) is 77.5 Å². The van der Waals surface area contributed by atoms with Crippen molar-refractivity contribution in [2.45, 2.75) is 0 Å². The van der Waals surface area contributed by atoms with Crippen LogP contribution in [0.1, 0.15) is 0 Å². The molecule has 0 fully saturated rings. The van der Waals surface area contributed by atoms with Gasteiger partial charge in [-0.15, -0.1) is 16.6 Å². The highest BCUT2D eigenvalue weighted by molar-refractivity contribution is 8.00. The normalized spacial score (nSPS) is 11.9. The summed E-state index contributed by atoms with van der Waals surface area (Å²) in [7, 11) is -8.30. The van der Waals surface area contributed by atoms with E-state index in [9.17, 15) is 16.8 Å². The van der Waals surface area contributed by atoms with Crippen LogP contribution in [0.2, 0.25) is 0 Å². The molecule has 0 aliphatic heterocycles. The summed E-state index contributed by atoms with van der Waals surface area (Å²) in [5.74, 6) is 0.422. The monoisotopic (exact) mass is 224 g/mol. The first-order chi connectivity index (χ1) is 5.83. The average molecular weight is 224 g/mol. The molecule has 0 aromatic rings. The van der Waals surface area contributed by atoms with Crippen molar-refractivity contribution in [3.8, 4) is 12.3 Å². The van der Waals surface area contributed by atoms with Crippen LogP contribution >= 0.6 is 0 Å². The summed E-state index contributed by atoms with van der Waals surface area (Å²) in [6.45, 7) is 3.13. The molecule has 0 unspecified atom stereocenters. The predicted molar refractivity (Wildman–Crippen MR) is 47.7 cm³/mol. The lowest BCUT2D eigenvalue weighted by Gasteiger charge is -2.00. The molecule has 0 spiro atoms. The minimum atomic E-state index is -4.18. The van der Waals surface area contributed by atoms with Crippen molar-refractivity contribution in [1.82, 2.24) is 0 Å². The predicted octanol–water partition coefficient (Wildman–Crippen LogP) is -0.518. The van der Waals surface area contributed by atoms with E-state index in [4.69, 9.17) is 0 Å². The molecule has 0 saturated carbocycles. The molecule has 0 aliphatic carbocycles. The van der Waals surface area contributed by atoms with Crippen LogP contribution in [0.15, 0.2) is 12.7 Å². The van der Waals surface area contributed by atoms with Crippen LogP contribution in [-0.4, -0.2) is 28.3 Å². The van der Waals surface area contributed by atoms with Crippen molar-refractivity contribution < 1.29 is 20.5 Å². The van der Waals surface area contributed by atoms with Gasteiger partial charge in [0, 0.05) is 0 Å². The second-order valence-electron chi connectivity index (χ2n) is 1.99. The number of terminal acetylenes is 1. The highest BCUT2D eigenvalue weighted by Gasteiger charge is 2.20. The molecule has 5 nitrogen and oxygen atoms in total. The molecule has 0 aromatic heterocycles. The second kappa shape index (κ2) is 4.41. The highest BCUT2D eigenvalue weighted by atomic mass is 32.3. The van der Waals surface area contributed by atoms with E-state index in [1.165, 1.54) is 0 Å². The van der Waals surface area contributed by atoms with Gasteiger partial charge >= 0.3 is 0 Å². The Balaban J connectivity index is 4.65. The molecule has 74 valence electrons. The van der Waals surface area contributed by atoms with E-state index in [-0.39, 0.29) is 0 Å². The smallest absolute Gasteiger partial charge is 0.198 e. The Kier molecular flexibility index (Phi) is 4.13.